The van der Waals surface area contributed by atoms with Crippen molar-refractivity contribution in [1.82, 2.24) is 10.6 Å². The Morgan fingerprint density at radius 2 is 1.64 bits per heavy atom. The molecular weight excluding hydrogens is 180 g/mol. The first-order valence-electron chi connectivity index (χ1n) is 5.07. The minimum absolute atomic E-state index is 0.00870. The summed E-state index contributed by atoms with van der Waals surface area (Å²) in [5, 5.41) is 5.52. The number of hydrogen-bond donors (Lipinski definition) is 2. The van der Waals surface area contributed by atoms with Crippen LogP contribution < -0.4 is 10.6 Å². The minimum atomic E-state index is -0.00870. The van der Waals surface area contributed by atoms with Crippen LogP contribution in [0.15, 0.2) is 0 Å². The van der Waals surface area contributed by atoms with Gasteiger partial charge in [-0.2, -0.15) is 0 Å². The first-order chi connectivity index (χ1) is 6.66. The third kappa shape index (κ3) is 13.7. The molecule has 0 aromatic carbocycles. The lowest BCUT2D eigenvalue weighted by Gasteiger charge is -2.02. The van der Waals surface area contributed by atoms with E-state index in [0.29, 0.717) is 25.9 Å². The second-order valence-electron chi connectivity index (χ2n) is 2.66. The number of carbonyl (C=O) groups excluding carboxylic acids is 2. The molecule has 0 spiro atoms. The number of Topliss-reactive ketones (excluding diaryl/α,β-unsaturated/α-hetero) is 1. The summed E-state index contributed by atoms with van der Waals surface area (Å²) in [6, 6.07) is 0. The van der Waals surface area contributed by atoms with Gasteiger partial charge in [-0.3, -0.25) is 9.59 Å². The van der Waals surface area contributed by atoms with Crippen LogP contribution in [0.3, 0.4) is 0 Å². The van der Waals surface area contributed by atoms with Crippen molar-refractivity contribution in [2.75, 3.05) is 20.1 Å². The highest BCUT2D eigenvalue weighted by Crippen LogP contribution is 1.80. The van der Waals surface area contributed by atoms with E-state index in [2.05, 4.69) is 10.6 Å². The van der Waals surface area contributed by atoms with Gasteiger partial charge in [0.25, 0.3) is 0 Å². The van der Waals surface area contributed by atoms with E-state index in [9.17, 15) is 9.59 Å². The highest BCUT2D eigenvalue weighted by molar-refractivity contribution is 5.78. The predicted molar refractivity (Wildman–Crippen MR) is 58.2 cm³/mol. The Hall–Kier alpha value is -0.900. The molecule has 1 amide bonds. The van der Waals surface area contributed by atoms with Gasteiger partial charge >= 0.3 is 0 Å². The minimum Gasteiger partial charge on any atom is -0.356 e. The first-order valence-corrected chi connectivity index (χ1v) is 5.07. The van der Waals surface area contributed by atoms with Crippen LogP contribution in [-0.4, -0.2) is 31.8 Å². The molecule has 14 heavy (non-hydrogen) atoms. The Morgan fingerprint density at radius 3 is 2.07 bits per heavy atom. The zero-order valence-corrected chi connectivity index (χ0v) is 9.64. The summed E-state index contributed by atoms with van der Waals surface area (Å²) in [7, 11) is 1.79. The molecule has 0 aliphatic carbocycles. The lowest BCUT2D eigenvalue weighted by atomic mass is 10.3. The number of carbonyl (C=O) groups is 2. The zero-order chi connectivity index (χ0) is 11.4. The standard InChI is InChI=1S/C8H16N2O2.C2H6/c1-7(11)3-6-10-8(12)4-5-9-2;1-2/h9H,3-6H2,1-2H3,(H,10,12);1-2H3. The van der Waals surface area contributed by atoms with Crippen molar-refractivity contribution in [3.05, 3.63) is 0 Å². The number of nitrogens with one attached hydrogen (secondary N) is 2. The van der Waals surface area contributed by atoms with Crippen LogP contribution >= 0.6 is 0 Å². The Morgan fingerprint density at radius 1 is 1.07 bits per heavy atom. The summed E-state index contributed by atoms with van der Waals surface area (Å²) in [4.78, 5) is 21.4. The molecule has 4 nitrogen and oxygen atoms in total. The van der Waals surface area contributed by atoms with Gasteiger partial charge in [-0.25, -0.2) is 0 Å². The molecule has 0 aliphatic rings. The summed E-state index contributed by atoms with van der Waals surface area (Å²) in [5.74, 6) is 0.0921. The highest BCUT2D eigenvalue weighted by Gasteiger charge is 1.99. The number of ketones is 1. The van der Waals surface area contributed by atoms with Crippen LogP contribution in [0.5, 0.6) is 0 Å². The smallest absolute Gasteiger partial charge is 0.221 e. The van der Waals surface area contributed by atoms with E-state index in [1.54, 1.807) is 7.05 Å². The molecule has 0 fully saturated rings. The summed E-state index contributed by atoms with van der Waals surface area (Å²) in [5.41, 5.74) is 0. The largest absolute Gasteiger partial charge is 0.356 e. The van der Waals surface area contributed by atoms with Crippen LogP contribution in [0.1, 0.15) is 33.6 Å². The number of rotatable bonds is 6. The fourth-order valence-corrected chi connectivity index (χ4v) is 0.705. The van der Waals surface area contributed by atoms with E-state index >= 15 is 0 Å². The van der Waals surface area contributed by atoms with Crippen molar-refractivity contribution >= 4 is 11.7 Å². The highest BCUT2D eigenvalue weighted by atomic mass is 16.1. The lowest BCUT2D eigenvalue weighted by Crippen LogP contribution is -2.28. The summed E-state index contributed by atoms with van der Waals surface area (Å²) in [6.45, 7) is 6.64. The topological polar surface area (TPSA) is 58.2 Å². The average molecular weight is 202 g/mol. The quantitative estimate of drug-likeness (QED) is 0.667. The lowest BCUT2D eigenvalue weighted by molar-refractivity contribution is -0.121. The van der Waals surface area contributed by atoms with Crippen LogP contribution in [-0.2, 0) is 9.59 Å². The maximum absolute atomic E-state index is 10.9. The Labute approximate surface area is 86.5 Å². The molecule has 0 saturated carbocycles. The van der Waals surface area contributed by atoms with Crippen molar-refractivity contribution in [3.8, 4) is 0 Å². The van der Waals surface area contributed by atoms with Gasteiger partial charge in [-0.1, -0.05) is 13.8 Å². The van der Waals surface area contributed by atoms with Crippen LogP contribution in [0, 0.1) is 0 Å². The van der Waals surface area contributed by atoms with Crippen molar-refractivity contribution in [2.24, 2.45) is 0 Å². The van der Waals surface area contributed by atoms with Gasteiger partial charge in [-0.15, -0.1) is 0 Å². The number of amides is 1. The van der Waals surface area contributed by atoms with E-state index in [1.165, 1.54) is 6.92 Å². The molecular formula is C10H22N2O2. The van der Waals surface area contributed by atoms with Crippen LogP contribution in [0.25, 0.3) is 0 Å². The Bertz CT molecular complexity index is 158. The summed E-state index contributed by atoms with van der Waals surface area (Å²) >= 11 is 0. The van der Waals surface area contributed by atoms with Gasteiger partial charge in [0, 0.05) is 25.9 Å². The fourth-order valence-electron chi connectivity index (χ4n) is 0.705. The molecule has 0 unspecified atom stereocenters. The molecule has 0 atom stereocenters. The SMILES string of the molecule is CC.CNCCC(=O)NCCC(C)=O. The third-order valence-electron chi connectivity index (χ3n) is 1.40. The van der Waals surface area contributed by atoms with E-state index < -0.39 is 0 Å². The van der Waals surface area contributed by atoms with Gasteiger partial charge in [0.2, 0.25) is 5.91 Å². The van der Waals surface area contributed by atoms with Crippen molar-refractivity contribution in [3.63, 3.8) is 0 Å². The van der Waals surface area contributed by atoms with Gasteiger partial charge in [0.1, 0.15) is 5.78 Å². The molecule has 0 bridgehead atoms. The van der Waals surface area contributed by atoms with Crippen molar-refractivity contribution < 1.29 is 9.59 Å². The molecule has 0 aromatic rings. The molecule has 2 N–H and O–H groups in total. The fraction of sp³-hybridized carbons (Fsp3) is 0.800. The zero-order valence-electron chi connectivity index (χ0n) is 9.64. The molecule has 0 radical (unpaired) electrons. The van der Waals surface area contributed by atoms with E-state index in [0.717, 1.165) is 0 Å². The molecule has 0 rings (SSSR count). The summed E-state index contributed by atoms with van der Waals surface area (Å²) in [6.07, 6.45) is 0.889. The number of hydrogen-bond acceptors (Lipinski definition) is 3. The molecule has 0 heterocycles. The Kier molecular flexibility index (Phi) is 13.5. The van der Waals surface area contributed by atoms with Crippen molar-refractivity contribution in [2.45, 2.75) is 33.6 Å². The van der Waals surface area contributed by atoms with E-state index in [4.69, 9.17) is 0 Å². The third-order valence-corrected chi connectivity index (χ3v) is 1.40. The van der Waals surface area contributed by atoms with E-state index in [-0.39, 0.29) is 11.7 Å². The Balaban J connectivity index is 0. The maximum Gasteiger partial charge on any atom is 0.221 e. The maximum atomic E-state index is 10.9. The second kappa shape index (κ2) is 12.1. The molecule has 4 heteroatoms. The van der Waals surface area contributed by atoms with Gasteiger partial charge in [-0.05, 0) is 14.0 Å². The van der Waals surface area contributed by atoms with Crippen LogP contribution in [0.4, 0.5) is 0 Å². The molecule has 0 aliphatic heterocycles. The molecule has 0 aromatic heterocycles. The normalized spacial score (nSPS) is 8.57. The predicted octanol–water partition coefficient (Wildman–Crippen LogP) is 0.717. The van der Waals surface area contributed by atoms with Gasteiger partial charge in [0.05, 0.1) is 0 Å². The van der Waals surface area contributed by atoms with Crippen molar-refractivity contribution in [1.29, 1.82) is 0 Å². The molecule has 0 saturated heterocycles. The monoisotopic (exact) mass is 202 g/mol. The molecule has 84 valence electrons. The second-order valence-corrected chi connectivity index (χ2v) is 2.66. The van der Waals surface area contributed by atoms with E-state index in [1.807, 2.05) is 13.8 Å². The first kappa shape index (κ1) is 15.6. The summed E-state index contributed by atoms with van der Waals surface area (Å²) < 4.78 is 0. The average Bonchev–Trinajstić information content (AvgIpc) is 2.17. The van der Waals surface area contributed by atoms with Gasteiger partial charge in [0.15, 0.2) is 0 Å². The van der Waals surface area contributed by atoms with Crippen LogP contribution in [0.2, 0.25) is 0 Å². The van der Waals surface area contributed by atoms with Gasteiger partial charge < -0.3 is 10.6 Å².